The highest BCUT2D eigenvalue weighted by molar-refractivity contribution is 5.64. The molecular weight excluding hydrogens is 314 g/mol. The van der Waals surface area contributed by atoms with Crippen molar-refractivity contribution in [2.45, 2.75) is 27.7 Å². The van der Waals surface area contributed by atoms with Crippen LogP contribution in [0.2, 0.25) is 0 Å². The van der Waals surface area contributed by atoms with Crippen LogP contribution in [0.5, 0.6) is 11.5 Å². The monoisotopic (exact) mass is 339 g/mol. The van der Waals surface area contributed by atoms with Gasteiger partial charge in [-0.1, -0.05) is 11.6 Å². The molecule has 1 aromatic heterocycles. The van der Waals surface area contributed by atoms with E-state index in [1.54, 1.807) is 19.2 Å². The first-order chi connectivity index (χ1) is 11.9. The maximum absolute atomic E-state index is 11.5. The van der Waals surface area contributed by atoms with Crippen molar-refractivity contribution in [2.24, 2.45) is 0 Å². The third-order valence-corrected chi connectivity index (χ3v) is 3.80. The van der Waals surface area contributed by atoms with Gasteiger partial charge in [-0.25, -0.2) is 0 Å². The molecule has 4 nitrogen and oxygen atoms in total. The summed E-state index contributed by atoms with van der Waals surface area (Å²) in [4.78, 5) is 11.5. The summed E-state index contributed by atoms with van der Waals surface area (Å²) in [7, 11) is 1.63. The van der Waals surface area contributed by atoms with Gasteiger partial charge in [0.05, 0.1) is 7.11 Å². The van der Waals surface area contributed by atoms with Gasteiger partial charge in [-0.2, -0.15) is 0 Å². The largest absolute Gasteiger partial charge is 0.493 e. The highest BCUT2D eigenvalue weighted by Gasteiger charge is 2.05. The lowest BCUT2D eigenvalue weighted by molar-refractivity contribution is 0.325. The SMILES string of the molecule is COc1ccc(/C=C/n2c(C)cc(=O)cc2C)cc1OCC=C(C)C. The molecule has 2 aromatic rings. The summed E-state index contributed by atoms with van der Waals surface area (Å²) in [6, 6.07) is 9.05. The van der Waals surface area contributed by atoms with E-state index in [2.05, 4.69) is 0 Å². The number of hydrogen-bond acceptors (Lipinski definition) is 3. The van der Waals surface area contributed by atoms with E-state index in [4.69, 9.17) is 9.47 Å². The zero-order chi connectivity index (χ0) is 18.4. The number of nitrogens with zero attached hydrogens (tertiary/aromatic N) is 1. The molecule has 0 aliphatic rings. The van der Waals surface area contributed by atoms with E-state index >= 15 is 0 Å². The first-order valence-electron chi connectivity index (χ1n) is 8.23. The van der Waals surface area contributed by atoms with E-state index in [-0.39, 0.29) is 5.43 Å². The Hall–Kier alpha value is -2.75. The Balaban J connectivity index is 2.28. The summed E-state index contributed by atoms with van der Waals surface area (Å²) in [5.74, 6) is 1.41. The summed E-state index contributed by atoms with van der Waals surface area (Å²) < 4.78 is 13.2. The van der Waals surface area contributed by atoms with Crippen molar-refractivity contribution < 1.29 is 9.47 Å². The molecule has 0 N–H and O–H groups in total. The lowest BCUT2D eigenvalue weighted by Gasteiger charge is -2.11. The van der Waals surface area contributed by atoms with Crippen LogP contribution in [0.15, 0.2) is 46.8 Å². The molecule has 0 saturated carbocycles. The number of aromatic nitrogens is 1. The Morgan fingerprint density at radius 1 is 1.08 bits per heavy atom. The predicted octanol–water partition coefficient (Wildman–Crippen LogP) is 4.45. The number of rotatable bonds is 6. The number of allylic oxidation sites excluding steroid dienone is 1. The summed E-state index contributed by atoms with van der Waals surface area (Å²) in [5, 5.41) is 0. The highest BCUT2D eigenvalue weighted by atomic mass is 16.5. The number of ether oxygens (including phenoxy) is 2. The van der Waals surface area contributed by atoms with Gasteiger partial charge in [-0.3, -0.25) is 4.79 Å². The summed E-state index contributed by atoms with van der Waals surface area (Å²) in [6.07, 6.45) is 5.96. The number of methoxy groups -OCH3 is 1. The number of benzene rings is 1. The molecule has 132 valence electrons. The van der Waals surface area contributed by atoms with E-state index < -0.39 is 0 Å². The first kappa shape index (κ1) is 18.6. The molecule has 1 heterocycles. The van der Waals surface area contributed by atoms with Crippen molar-refractivity contribution in [3.63, 3.8) is 0 Å². The number of pyridine rings is 1. The predicted molar refractivity (Wildman–Crippen MR) is 103 cm³/mol. The van der Waals surface area contributed by atoms with Crippen LogP contribution in [0.4, 0.5) is 0 Å². The third kappa shape index (κ3) is 5.11. The Morgan fingerprint density at radius 2 is 1.76 bits per heavy atom. The van der Waals surface area contributed by atoms with Crippen LogP contribution in [0.25, 0.3) is 12.3 Å². The van der Waals surface area contributed by atoms with E-state index in [0.717, 1.165) is 17.0 Å². The smallest absolute Gasteiger partial charge is 0.182 e. The second kappa shape index (κ2) is 8.38. The number of aryl methyl sites for hydroxylation is 2. The molecule has 1 aromatic carbocycles. The summed E-state index contributed by atoms with van der Waals surface area (Å²) in [5.41, 5.74) is 4.02. The topological polar surface area (TPSA) is 40.5 Å². The minimum Gasteiger partial charge on any atom is -0.493 e. The van der Waals surface area contributed by atoms with Gasteiger partial charge in [0.2, 0.25) is 0 Å². The lowest BCUT2D eigenvalue weighted by atomic mass is 10.2. The van der Waals surface area contributed by atoms with Crippen molar-refractivity contribution in [3.05, 3.63) is 69.2 Å². The molecule has 25 heavy (non-hydrogen) atoms. The molecule has 0 aliphatic heterocycles. The molecule has 0 bridgehead atoms. The van der Waals surface area contributed by atoms with Crippen molar-refractivity contribution >= 4 is 12.3 Å². The van der Waals surface area contributed by atoms with Gasteiger partial charge < -0.3 is 14.0 Å². The van der Waals surface area contributed by atoms with Crippen molar-refractivity contribution in [3.8, 4) is 11.5 Å². The standard InChI is InChI=1S/C21H25NO3/c1-15(2)9-11-25-21-14-18(6-7-20(21)24-5)8-10-22-16(3)12-19(23)13-17(22)4/h6-10,12-14H,11H2,1-5H3/b10-8+. The molecule has 0 amide bonds. The Morgan fingerprint density at radius 3 is 2.36 bits per heavy atom. The van der Waals surface area contributed by atoms with Crippen LogP contribution in [-0.2, 0) is 0 Å². The molecule has 2 rings (SSSR count). The van der Waals surface area contributed by atoms with Gasteiger partial charge in [-0.05, 0) is 57.5 Å². The fourth-order valence-electron chi connectivity index (χ4n) is 2.47. The van der Waals surface area contributed by atoms with Gasteiger partial charge in [0.15, 0.2) is 16.9 Å². The minimum absolute atomic E-state index is 0.0269. The molecule has 0 atom stereocenters. The fraction of sp³-hybridized carbons (Fsp3) is 0.286. The first-order valence-corrected chi connectivity index (χ1v) is 8.23. The van der Waals surface area contributed by atoms with Crippen LogP contribution < -0.4 is 14.9 Å². The molecule has 0 saturated heterocycles. The zero-order valence-corrected chi connectivity index (χ0v) is 15.5. The van der Waals surface area contributed by atoms with Crippen LogP contribution in [0, 0.1) is 13.8 Å². The summed E-state index contributed by atoms with van der Waals surface area (Å²) in [6.45, 7) is 8.41. The number of hydrogen-bond donors (Lipinski definition) is 0. The molecule has 0 radical (unpaired) electrons. The maximum Gasteiger partial charge on any atom is 0.182 e. The minimum atomic E-state index is 0.0269. The third-order valence-electron chi connectivity index (χ3n) is 3.80. The van der Waals surface area contributed by atoms with Gasteiger partial charge >= 0.3 is 0 Å². The van der Waals surface area contributed by atoms with E-state index in [9.17, 15) is 4.79 Å². The molecule has 0 fully saturated rings. The van der Waals surface area contributed by atoms with Crippen molar-refractivity contribution in [1.82, 2.24) is 4.57 Å². The Labute approximate surface area is 149 Å². The van der Waals surface area contributed by atoms with Crippen LogP contribution >= 0.6 is 0 Å². The van der Waals surface area contributed by atoms with Gasteiger partial charge in [0, 0.05) is 29.7 Å². The fourth-order valence-corrected chi connectivity index (χ4v) is 2.47. The normalized spacial score (nSPS) is 10.8. The zero-order valence-electron chi connectivity index (χ0n) is 15.5. The average Bonchev–Trinajstić information content (AvgIpc) is 2.53. The molecule has 0 aliphatic carbocycles. The Bertz CT molecular complexity index is 830. The second-order valence-electron chi connectivity index (χ2n) is 6.16. The van der Waals surface area contributed by atoms with Gasteiger partial charge in [-0.15, -0.1) is 0 Å². The second-order valence-corrected chi connectivity index (χ2v) is 6.16. The average molecular weight is 339 g/mol. The van der Waals surface area contributed by atoms with Gasteiger partial charge in [0.25, 0.3) is 0 Å². The van der Waals surface area contributed by atoms with E-state index in [1.807, 2.05) is 68.8 Å². The van der Waals surface area contributed by atoms with Crippen LogP contribution in [0.1, 0.15) is 30.8 Å². The summed E-state index contributed by atoms with van der Waals surface area (Å²) >= 11 is 0. The maximum atomic E-state index is 11.5. The molecule has 4 heteroatoms. The molecule has 0 spiro atoms. The van der Waals surface area contributed by atoms with Crippen LogP contribution in [0.3, 0.4) is 0 Å². The lowest BCUT2D eigenvalue weighted by Crippen LogP contribution is -2.08. The quantitative estimate of drug-likeness (QED) is 0.730. The van der Waals surface area contributed by atoms with Gasteiger partial charge in [0.1, 0.15) is 6.61 Å². The molecular formula is C21H25NO3. The molecule has 0 unspecified atom stereocenters. The van der Waals surface area contributed by atoms with Crippen molar-refractivity contribution in [1.29, 1.82) is 0 Å². The Kier molecular flexibility index (Phi) is 6.23. The van der Waals surface area contributed by atoms with Crippen LogP contribution in [-0.4, -0.2) is 18.3 Å². The van der Waals surface area contributed by atoms with Crippen molar-refractivity contribution in [2.75, 3.05) is 13.7 Å². The highest BCUT2D eigenvalue weighted by Crippen LogP contribution is 2.28. The van der Waals surface area contributed by atoms with E-state index in [1.165, 1.54) is 5.57 Å². The van der Waals surface area contributed by atoms with E-state index in [0.29, 0.717) is 18.1 Å².